The van der Waals surface area contributed by atoms with Crippen molar-refractivity contribution in [3.8, 4) is 11.8 Å². The van der Waals surface area contributed by atoms with E-state index in [4.69, 9.17) is 0 Å². The molecule has 74 valence electrons. The number of hydrogen-bond acceptors (Lipinski definition) is 3. The number of carbonyl (C=O) groups is 1. The molecule has 0 saturated carbocycles. The monoisotopic (exact) mass is 192 g/mol. The normalized spacial score (nSPS) is 29.2. The van der Waals surface area contributed by atoms with E-state index in [1.807, 2.05) is 0 Å². The van der Waals surface area contributed by atoms with E-state index in [2.05, 4.69) is 16.6 Å². The summed E-state index contributed by atoms with van der Waals surface area (Å²) in [5.74, 6) is 3.95. The molecule has 0 amide bonds. The highest BCUT2D eigenvalue weighted by Gasteiger charge is 2.38. The van der Waals surface area contributed by atoms with Gasteiger partial charge in [0.2, 0.25) is 0 Å². The molecule has 0 unspecified atom stereocenters. The van der Waals surface area contributed by atoms with Crippen LogP contribution in [-0.2, 0) is 9.53 Å². The minimum absolute atomic E-state index is 0.490. The van der Waals surface area contributed by atoms with Gasteiger partial charge >= 0.3 is 5.97 Å². The fourth-order valence-corrected chi connectivity index (χ4v) is 1.33. The quantitative estimate of drug-likeness (QED) is 0.490. The second-order valence-corrected chi connectivity index (χ2v) is 2.95. The molecule has 1 aliphatic carbocycles. The summed E-state index contributed by atoms with van der Waals surface area (Å²) in [6, 6.07) is 0. The first kappa shape index (κ1) is 10.6. The summed E-state index contributed by atoms with van der Waals surface area (Å²) in [5, 5.41) is 10.0. The molecule has 3 heteroatoms. The van der Waals surface area contributed by atoms with Crippen molar-refractivity contribution in [2.24, 2.45) is 5.92 Å². The lowest BCUT2D eigenvalue weighted by Gasteiger charge is -2.26. The van der Waals surface area contributed by atoms with Gasteiger partial charge < -0.3 is 9.84 Å². The van der Waals surface area contributed by atoms with Gasteiger partial charge in [0, 0.05) is 0 Å². The van der Waals surface area contributed by atoms with E-state index < -0.39 is 17.5 Å². The van der Waals surface area contributed by atoms with Crippen molar-refractivity contribution in [2.75, 3.05) is 7.11 Å². The molecule has 0 aromatic heterocycles. The van der Waals surface area contributed by atoms with Crippen LogP contribution < -0.4 is 0 Å². The van der Waals surface area contributed by atoms with Gasteiger partial charge in [0.25, 0.3) is 0 Å². The van der Waals surface area contributed by atoms with Gasteiger partial charge in [0.15, 0.2) is 5.60 Å². The van der Waals surface area contributed by atoms with Crippen molar-refractivity contribution >= 4 is 5.97 Å². The molecule has 0 spiro atoms. The van der Waals surface area contributed by atoms with E-state index in [9.17, 15) is 9.90 Å². The third kappa shape index (κ3) is 1.86. The number of allylic oxidation sites excluding steroid dienone is 2. The highest BCUT2D eigenvalue weighted by atomic mass is 16.5. The summed E-state index contributed by atoms with van der Waals surface area (Å²) in [7, 11) is 1.29. The second-order valence-electron chi connectivity index (χ2n) is 2.95. The zero-order valence-electron chi connectivity index (χ0n) is 8.15. The van der Waals surface area contributed by atoms with Gasteiger partial charge in [-0.1, -0.05) is 24.1 Å². The van der Waals surface area contributed by atoms with Crippen molar-refractivity contribution < 1.29 is 14.6 Å². The van der Waals surface area contributed by atoms with Crippen LogP contribution in [0, 0.1) is 17.8 Å². The maximum Gasteiger partial charge on any atom is 0.316 e. The van der Waals surface area contributed by atoms with Crippen LogP contribution >= 0.6 is 0 Å². The Balaban J connectivity index is 3.01. The van der Waals surface area contributed by atoms with Gasteiger partial charge in [0.05, 0.1) is 7.11 Å². The number of methoxy groups -OCH3 is 1. The van der Waals surface area contributed by atoms with E-state index in [-0.39, 0.29) is 0 Å². The fourth-order valence-electron chi connectivity index (χ4n) is 1.33. The Morgan fingerprint density at radius 3 is 2.86 bits per heavy atom. The molecule has 3 nitrogen and oxygen atoms in total. The SMILES string of the molecule is CC#C[C@]1(O)C=CC=C[C@H]1C(=O)OC. The van der Waals surface area contributed by atoms with Crippen LogP contribution in [0.3, 0.4) is 0 Å². The molecule has 1 rings (SSSR count). The van der Waals surface area contributed by atoms with Crippen LogP contribution in [0.15, 0.2) is 24.3 Å². The Morgan fingerprint density at radius 1 is 1.57 bits per heavy atom. The zero-order valence-corrected chi connectivity index (χ0v) is 8.15. The molecule has 0 saturated heterocycles. The first-order valence-electron chi connectivity index (χ1n) is 4.24. The molecule has 1 aliphatic rings. The van der Waals surface area contributed by atoms with Gasteiger partial charge in [-0.2, -0.15) is 0 Å². The number of ether oxygens (including phenoxy) is 1. The summed E-state index contributed by atoms with van der Waals surface area (Å²) in [5.41, 5.74) is -1.43. The summed E-state index contributed by atoms with van der Waals surface area (Å²) < 4.78 is 4.58. The highest BCUT2D eigenvalue weighted by molar-refractivity contribution is 5.78. The minimum Gasteiger partial charge on any atom is -0.468 e. The lowest BCUT2D eigenvalue weighted by atomic mass is 9.84. The Morgan fingerprint density at radius 2 is 2.29 bits per heavy atom. The molecular weight excluding hydrogens is 180 g/mol. The van der Waals surface area contributed by atoms with E-state index in [1.54, 1.807) is 25.2 Å². The molecule has 1 N–H and O–H groups in total. The first-order chi connectivity index (χ1) is 6.64. The number of rotatable bonds is 1. The predicted octanol–water partition coefficient (Wildman–Crippen LogP) is 0.656. The van der Waals surface area contributed by atoms with Crippen molar-refractivity contribution in [3.05, 3.63) is 24.3 Å². The van der Waals surface area contributed by atoms with Crippen LogP contribution in [0.5, 0.6) is 0 Å². The third-order valence-corrected chi connectivity index (χ3v) is 2.02. The topological polar surface area (TPSA) is 46.5 Å². The van der Waals surface area contributed by atoms with Crippen LogP contribution in [-0.4, -0.2) is 23.8 Å². The van der Waals surface area contributed by atoms with Gasteiger partial charge in [-0.3, -0.25) is 4.79 Å². The average Bonchev–Trinajstić information content (AvgIpc) is 2.17. The van der Waals surface area contributed by atoms with E-state index in [1.165, 1.54) is 13.2 Å². The molecule has 0 radical (unpaired) electrons. The molecule has 0 heterocycles. The summed E-state index contributed by atoms with van der Waals surface area (Å²) >= 11 is 0. The van der Waals surface area contributed by atoms with Crippen molar-refractivity contribution in [1.29, 1.82) is 0 Å². The number of hydrogen-bond donors (Lipinski definition) is 1. The van der Waals surface area contributed by atoms with E-state index in [0.717, 1.165) is 0 Å². The van der Waals surface area contributed by atoms with Gasteiger partial charge in [-0.25, -0.2) is 0 Å². The lowest BCUT2D eigenvalue weighted by Crippen LogP contribution is -2.40. The Labute approximate surface area is 83.1 Å². The standard InChI is InChI=1S/C11H12O3/c1-3-7-11(13)8-5-4-6-9(11)10(12)14-2/h4-6,8-9,13H,1-2H3/t9-,11-/m0/s1. The summed E-state index contributed by atoms with van der Waals surface area (Å²) in [6.45, 7) is 1.61. The minimum atomic E-state index is -1.43. The summed E-state index contributed by atoms with van der Waals surface area (Å²) in [4.78, 5) is 11.3. The van der Waals surface area contributed by atoms with Crippen LogP contribution in [0.4, 0.5) is 0 Å². The van der Waals surface area contributed by atoms with Gasteiger partial charge in [0.1, 0.15) is 5.92 Å². The predicted molar refractivity (Wildman–Crippen MR) is 52.2 cm³/mol. The van der Waals surface area contributed by atoms with Crippen molar-refractivity contribution in [3.63, 3.8) is 0 Å². The lowest BCUT2D eigenvalue weighted by molar-refractivity contribution is -0.147. The molecular formula is C11H12O3. The second kappa shape index (κ2) is 4.12. The largest absolute Gasteiger partial charge is 0.468 e. The van der Waals surface area contributed by atoms with Crippen molar-refractivity contribution in [1.82, 2.24) is 0 Å². The number of carbonyl (C=O) groups excluding carboxylic acids is 1. The van der Waals surface area contributed by atoms with Crippen LogP contribution in [0.2, 0.25) is 0 Å². The van der Waals surface area contributed by atoms with Gasteiger partial charge in [-0.05, 0) is 13.0 Å². The first-order valence-corrected chi connectivity index (χ1v) is 4.24. The van der Waals surface area contributed by atoms with Crippen LogP contribution in [0.1, 0.15) is 6.92 Å². The number of aliphatic hydroxyl groups is 1. The maximum absolute atomic E-state index is 11.3. The molecule has 14 heavy (non-hydrogen) atoms. The molecule has 0 bridgehead atoms. The maximum atomic E-state index is 11.3. The van der Waals surface area contributed by atoms with Crippen molar-refractivity contribution in [2.45, 2.75) is 12.5 Å². The van der Waals surface area contributed by atoms with Gasteiger partial charge in [-0.15, -0.1) is 5.92 Å². The average molecular weight is 192 g/mol. The van der Waals surface area contributed by atoms with E-state index in [0.29, 0.717) is 0 Å². The van der Waals surface area contributed by atoms with Crippen LogP contribution in [0.25, 0.3) is 0 Å². The smallest absolute Gasteiger partial charge is 0.316 e. The highest BCUT2D eigenvalue weighted by Crippen LogP contribution is 2.25. The zero-order chi connectivity index (χ0) is 10.6. The molecule has 0 aliphatic heterocycles. The molecule has 0 fully saturated rings. The molecule has 0 aromatic rings. The Kier molecular flexibility index (Phi) is 3.10. The molecule has 0 aromatic carbocycles. The third-order valence-electron chi connectivity index (χ3n) is 2.02. The summed E-state index contributed by atoms with van der Waals surface area (Å²) in [6.07, 6.45) is 6.42. The fraction of sp³-hybridized carbons (Fsp3) is 0.364. The van der Waals surface area contributed by atoms with E-state index >= 15 is 0 Å². The Bertz CT molecular complexity index is 343. The Hall–Kier alpha value is -1.53. The number of esters is 1. The molecule has 2 atom stereocenters.